The number of carbonyl (C=O) groups is 1. The summed E-state index contributed by atoms with van der Waals surface area (Å²) in [6.07, 6.45) is -1.83. The van der Waals surface area contributed by atoms with Gasteiger partial charge in [-0.1, -0.05) is 36.4 Å². The highest BCUT2D eigenvalue weighted by atomic mass is 16.6. The molecule has 0 aliphatic carbocycles. The first-order valence-electron chi connectivity index (χ1n) is 6.52. The number of rotatable bonds is 2. The zero-order valence-corrected chi connectivity index (χ0v) is 12.8. The van der Waals surface area contributed by atoms with Crippen molar-refractivity contribution in [2.45, 2.75) is 0 Å². The van der Waals surface area contributed by atoms with Crippen LogP contribution in [-0.2, 0) is 0 Å². The van der Waals surface area contributed by atoms with E-state index in [1.807, 2.05) is 60.7 Å². The smallest absolute Gasteiger partial charge is 0.450 e. The molecular weight excluding hydrogens is 312 g/mol. The van der Waals surface area contributed by atoms with E-state index < -0.39 is 6.16 Å². The van der Waals surface area contributed by atoms with Gasteiger partial charge in [-0.05, 0) is 24.3 Å². The topological polar surface area (TPSA) is 186 Å². The molecule has 0 amide bonds. The quantitative estimate of drug-likeness (QED) is 0.354. The van der Waals surface area contributed by atoms with E-state index in [-0.39, 0.29) is 11.9 Å². The zero-order chi connectivity index (χ0) is 18.4. The van der Waals surface area contributed by atoms with Crippen molar-refractivity contribution in [2.75, 3.05) is 0 Å². The number of guanidine groups is 2. The molecule has 10 N–H and O–H groups in total. The highest BCUT2D eigenvalue weighted by Crippen LogP contribution is 2.08. The number of benzene rings is 2. The van der Waals surface area contributed by atoms with Gasteiger partial charge in [0, 0.05) is 0 Å². The van der Waals surface area contributed by atoms with Crippen molar-refractivity contribution in [3.63, 3.8) is 0 Å². The van der Waals surface area contributed by atoms with Gasteiger partial charge in [-0.2, -0.15) is 0 Å². The molecule has 0 spiro atoms. The van der Waals surface area contributed by atoms with Crippen LogP contribution >= 0.6 is 0 Å². The average molecular weight is 332 g/mol. The number of nitrogens with zero attached hydrogens (tertiary/aromatic N) is 2. The molecule has 128 valence electrons. The van der Waals surface area contributed by atoms with Crippen molar-refractivity contribution in [3.05, 3.63) is 60.7 Å². The molecule has 24 heavy (non-hydrogen) atoms. The molecule has 0 radical (unpaired) electrons. The van der Waals surface area contributed by atoms with Crippen LogP contribution < -0.4 is 22.9 Å². The molecular formula is C15H20N6O3. The minimum Gasteiger partial charge on any atom is -0.450 e. The molecule has 0 unspecified atom stereocenters. The summed E-state index contributed by atoms with van der Waals surface area (Å²) in [5, 5.41) is 13.9. The van der Waals surface area contributed by atoms with Crippen molar-refractivity contribution in [1.29, 1.82) is 0 Å². The second-order valence-electron chi connectivity index (χ2n) is 4.03. The Bertz CT molecular complexity index is 594. The molecule has 0 heterocycles. The number of hydrogen-bond donors (Lipinski definition) is 6. The molecule has 0 saturated carbocycles. The van der Waals surface area contributed by atoms with Gasteiger partial charge in [0.1, 0.15) is 0 Å². The molecule has 0 aliphatic heterocycles. The largest absolute Gasteiger partial charge is 0.503 e. The van der Waals surface area contributed by atoms with E-state index in [9.17, 15) is 0 Å². The Labute approximate surface area is 138 Å². The summed E-state index contributed by atoms with van der Waals surface area (Å²) in [6.45, 7) is 0. The summed E-state index contributed by atoms with van der Waals surface area (Å²) in [5.41, 5.74) is 22.2. The molecule has 0 aromatic heterocycles. The lowest BCUT2D eigenvalue weighted by Crippen LogP contribution is -2.21. The van der Waals surface area contributed by atoms with Crippen molar-refractivity contribution in [1.82, 2.24) is 0 Å². The molecule has 0 fully saturated rings. The minimum absolute atomic E-state index is 0.0891. The molecule has 9 heteroatoms. The van der Waals surface area contributed by atoms with Crippen LogP contribution in [0, 0.1) is 0 Å². The van der Waals surface area contributed by atoms with Crippen LogP contribution in [0.15, 0.2) is 70.6 Å². The zero-order valence-electron chi connectivity index (χ0n) is 12.8. The summed E-state index contributed by atoms with van der Waals surface area (Å²) in [6, 6.07) is 18.7. The third-order valence-corrected chi connectivity index (χ3v) is 2.03. The van der Waals surface area contributed by atoms with E-state index >= 15 is 0 Å². The Morgan fingerprint density at radius 3 is 1.12 bits per heavy atom. The Morgan fingerprint density at radius 2 is 0.917 bits per heavy atom. The first-order valence-corrected chi connectivity index (χ1v) is 6.52. The van der Waals surface area contributed by atoms with Gasteiger partial charge in [-0.15, -0.1) is 0 Å². The molecule has 2 rings (SSSR count). The first kappa shape index (κ1) is 20.2. The molecule has 9 nitrogen and oxygen atoms in total. The molecule has 0 saturated heterocycles. The lowest BCUT2D eigenvalue weighted by Gasteiger charge is -1.91. The monoisotopic (exact) mass is 332 g/mol. The second kappa shape index (κ2) is 11.9. The number of aliphatic imine (C=N–C) groups is 2. The minimum atomic E-state index is -1.83. The van der Waals surface area contributed by atoms with Gasteiger partial charge >= 0.3 is 6.16 Å². The molecule has 0 atom stereocenters. The maximum atomic E-state index is 8.56. The van der Waals surface area contributed by atoms with Crippen molar-refractivity contribution in [3.8, 4) is 0 Å². The maximum Gasteiger partial charge on any atom is 0.503 e. The number of para-hydroxylation sites is 2. The predicted molar refractivity (Wildman–Crippen MR) is 94.5 cm³/mol. The SMILES string of the molecule is NC(N)=Nc1ccccc1.NC(N)=Nc1ccccc1.O=C(O)O. The van der Waals surface area contributed by atoms with Crippen LogP contribution in [-0.4, -0.2) is 28.3 Å². The van der Waals surface area contributed by atoms with Gasteiger partial charge in [0.15, 0.2) is 11.9 Å². The Morgan fingerprint density at radius 1 is 0.667 bits per heavy atom. The normalized spacial score (nSPS) is 8.33. The second-order valence-corrected chi connectivity index (χ2v) is 4.03. The number of hydrogen-bond acceptors (Lipinski definition) is 3. The third-order valence-electron chi connectivity index (χ3n) is 2.03. The fourth-order valence-electron chi connectivity index (χ4n) is 1.30. The maximum absolute atomic E-state index is 8.56. The standard InChI is InChI=1S/2C7H9N3.CH2O3/c2*8-7(9)10-6-4-2-1-3-5-6;2-1(3)4/h2*1-5H,(H4,8,9,10);(H2,2,3,4). The Hall–Kier alpha value is -3.75. The van der Waals surface area contributed by atoms with E-state index in [0.29, 0.717) is 0 Å². The van der Waals surface area contributed by atoms with E-state index in [1.54, 1.807) is 0 Å². The first-order chi connectivity index (χ1) is 11.3. The Balaban J connectivity index is 0.000000363. The lowest BCUT2D eigenvalue weighted by molar-refractivity contribution is 0.137. The summed E-state index contributed by atoms with van der Waals surface area (Å²) >= 11 is 0. The van der Waals surface area contributed by atoms with Crippen LogP contribution in [0.5, 0.6) is 0 Å². The van der Waals surface area contributed by atoms with Crippen molar-refractivity contribution >= 4 is 29.4 Å². The van der Waals surface area contributed by atoms with E-state index in [1.165, 1.54) is 0 Å². The van der Waals surface area contributed by atoms with Gasteiger partial charge in [0.25, 0.3) is 0 Å². The summed E-state index contributed by atoms with van der Waals surface area (Å²) < 4.78 is 0. The van der Waals surface area contributed by atoms with Gasteiger partial charge in [-0.25, -0.2) is 14.8 Å². The Kier molecular flexibility index (Phi) is 10.0. The highest BCUT2D eigenvalue weighted by molar-refractivity contribution is 5.79. The van der Waals surface area contributed by atoms with Gasteiger partial charge in [-0.3, -0.25) is 0 Å². The van der Waals surface area contributed by atoms with Gasteiger partial charge in [0.05, 0.1) is 11.4 Å². The fraction of sp³-hybridized carbons (Fsp3) is 0. The van der Waals surface area contributed by atoms with Crippen molar-refractivity contribution < 1.29 is 15.0 Å². The summed E-state index contributed by atoms with van der Waals surface area (Å²) in [4.78, 5) is 16.2. The number of carboxylic acid groups (broad SMARTS) is 2. The molecule has 0 aliphatic rings. The average Bonchev–Trinajstić information content (AvgIpc) is 2.48. The molecule has 2 aromatic rings. The van der Waals surface area contributed by atoms with Crippen LogP contribution in [0.2, 0.25) is 0 Å². The summed E-state index contributed by atoms with van der Waals surface area (Å²) in [7, 11) is 0. The summed E-state index contributed by atoms with van der Waals surface area (Å²) in [5.74, 6) is 0.178. The van der Waals surface area contributed by atoms with E-state index in [0.717, 1.165) is 11.4 Å². The van der Waals surface area contributed by atoms with Crippen LogP contribution in [0.4, 0.5) is 16.2 Å². The van der Waals surface area contributed by atoms with E-state index in [4.69, 9.17) is 37.9 Å². The molecule has 2 aromatic carbocycles. The van der Waals surface area contributed by atoms with E-state index in [2.05, 4.69) is 9.98 Å². The fourth-order valence-corrected chi connectivity index (χ4v) is 1.30. The number of nitrogens with two attached hydrogens (primary N) is 4. The van der Waals surface area contributed by atoms with Crippen molar-refractivity contribution in [2.24, 2.45) is 32.9 Å². The van der Waals surface area contributed by atoms with Crippen LogP contribution in [0.1, 0.15) is 0 Å². The van der Waals surface area contributed by atoms with Gasteiger partial charge < -0.3 is 33.1 Å². The lowest BCUT2D eigenvalue weighted by atomic mass is 10.3. The highest BCUT2D eigenvalue weighted by Gasteiger charge is 1.84. The van der Waals surface area contributed by atoms with Crippen LogP contribution in [0.3, 0.4) is 0 Å². The van der Waals surface area contributed by atoms with Crippen LogP contribution in [0.25, 0.3) is 0 Å². The van der Waals surface area contributed by atoms with Gasteiger partial charge in [0.2, 0.25) is 0 Å². The predicted octanol–water partition coefficient (Wildman–Crippen LogP) is 1.41. The molecule has 0 bridgehead atoms. The third kappa shape index (κ3) is 13.2.